The lowest BCUT2D eigenvalue weighted by molar-refractivity contribution is 0.0975. The normalized spacial score (nSPS) is 13.6. The summed E-state index contributed by atoms with van der Waals surface area (Å²) in [6.07, 6.45) is 2.59. The average molecular weight is 219 g/mol. The van der Waals surface area contributed by atoms with Crippen LogP contribution in [0.2, 0.25) is 0 Å². The first-order chi connectivity index (χ1) is 7.83. The Bertz CT molecular complexity index is 388. The molecule has 0 radical (unpaired) electrons. The van der Waals surface area contributed by atoms with E-state index in [-0.39, 0.29) is 5.78 Å². The van der Waals surface area contributed by atoms with E-state index in [0.29, 0.717) is 13.0 Å². The molecule has 0 spiro atoms. The maximum absolute atomic E-state index is 12.0. The van der Waals surface area contributed by atoms with E-state index in [1.165, 1.54) is 0 Å². The largest absolute Gasteiger partial charge is 0.489 e. The Morgan fingerprint density at radius 2 is 2.38 bits per heavy atom. The van der Waals surface area contributed by atoms with E-state index in [2.05, 4.69) is 12.2 Å². The number of Topliss-reactive ketones (excluding diaryl/α,β-unsaturated/α-hetero) is 1. The van der Waals surface area contributed by atoms with Crippen molar-refractivity contribution in [3.8, 4) is 5.75 Å². The molecule has 86 valence electrons. The molecule has 1 N–H and O–H groups in total. The quantitative estimate of drug-likeness (QED) is 0.791. The zero-order valence-electron chi connectivity index (χ0n) is 9.58. The number of nitrogens with one attached hydrogen (secondary N) is 1. The fraction of sp³-hybridized carbons (Fsp3) is 0.462. The summed E-state index contributed by atoms with van der Waals surface area (Å²) < 4.78 is 5.57. The Balaban J connectivity index is 2.23. The van der Waals surface area contributed by atoms with E-state index < -0.39 is 0 Å². The van der Waals surface area contributed by atoms with E-state index in [1.807, 2.05) is 18.2 Å². The first-order valence-electron chi connectivity index (χ1n) is 5.86. The minimum atomic E-state index is 0.183. The van der Waals surface area contributed by atoms with Crippen LogP contribution in [-0.4, -0.2) is 18.9 Å². The van der Waals surface area contributed by atoms with Gasteiger partial charge in [0.15, 0.2) is 11.5 Å². The molecular weight excluding hydrogens is 202 g/mol. The van der Waals surface area contributed by atoms with Crippen molar-refractivity contribution in [1.29, 1.82) is 0 Å². The molecule has 0 unspecified atom stereocenters. The Morgan fingerprint density at radius 1 is 1.50 bits per heavy atom. The van der Waals surface area contributed by atoms with Gasteiger partial charge in [0.1, 0.15) is 6.61 Å². The highest BCUT2D eigenvalue weighted by molar-refractivity contribution is 6.00. The van der Waals surface area contributed by atoms with Gasteiger partial charge in [0, 0.05) is 13.0 Å². The Labute approximate surface area is 95.8 Å². The number of anilines is 1. The van der Waals surface area contributed by atoms with Crippen LogP contribution in [0.15, 0.2) is 18.2 Å². The van der Waals surface area contributed by atoms with Crippen molar-refractivity contribution in [2.45, 2.75) is 26.2 Å². The Morgan fingerprint density at radius 3 is 3.19 bits per heavy atom. The molecule has 1 aromatic rings. The number of fused-ring (bicyclic) bond motifs is 1. The van der Waals surface area contributed by atoms with E-state index in [1.54, 1.807) is 0 Å². The molecule has 3 nitrogen and oxygen atoms in total. The van der Waals surface area contributed by atoms with Crippen LogP contribution in [0, 0.1) is 0 Å². The minimum Gasteiger partial charge on any atom is -0.489 e. The van der Waals surface area contributed by atoms with Crippen molar-refractivity contribution in [3.05, 3.63) is 23.8 Å². The Hall–Kier alpha value is -1.51. The molecule has 2 rings (SSSR count). The van der Waals surface area contributed by atoms with Gasteiger partial charge in [-0.2, -0.15) is 0 Å². The SMILES string of the molecule is CCCCC(=O)c1cccc2c1OCCN2. The van der Waals surface area contributed by atoms with Crippen LogP contribution < -0.4 is 10.1 Å². The third-order valence-corrected chi connectivity index (χ3v) is 2.74. The number of hydrogen-bond acceptors (Lipinski definition) is 3. The van der Waals surface area contributed by atoms with Crippen molar-refractivity contribution in [3.63, 3.8) is 0 Å². The number of ether oxygens (including phenoxy) is 1. The number of carbonyl (C=O) groups is 1. The summed E-state index contributed by atoms with van der Waals surface area (Å²) in [5.74, 6) is 0.914. The highest BCUT2D eigenvalue weighted by Gasteiger charge is 2.18. The lowest BCUT2D eigenvalue weighted by atomic mass is 10.0. The molecule has 0 atom stereocenters. The highest BCUT2D eigenvalue weighted by atomic mass is 16.5. The smallest absolute Gasteiger partial charge is 0.166 e. The zero-order chi connectivity index (χ0) is 11.4. The van der Waals surface area contributed by atoms with Gasteiger partial charge in [-0.1, -0.05) is 19.4 Å². The number of para-hydroxylation sites is 1. The number of ketones is 1. The topological polar surface area (TPSA) is 38.3 Å². The molecule has 0 saturated carbocycles. The summed E-state index contributed by atoms with van der Waals surface area (Å²) in [6.45, 7) is 3.52. The van der Waals surface area contributed by atoms with Gasteiger partial charge in [-0.25, -0.2) is 0 Å². The van der Waals surface area contributed by atoms with Crippen LogP contribution >= 0.6 is 0 Å². The van der Waals surface area contributed by atoms with E-state index in [9.17, 15) is 4.79 Å². The molecule has 3 heteroatoms. The molecule has 0 saturated heterocycles. The molecule has 1 heterocycles. The van der Waals surface area contributed by atoms with Gasteiger partial charge in [0.25, 0.3) is 0 Å². The molecular formula is C13H17NO2. The molecule has 16 heavy (non-hydrogen) atoms. The predicted octanol–water partition coefficient (Wildman–Crippen LogP) is 2.86. The second-order valence-corrected chi connectivity index (χ2v) is 3.98. The van der Waals surface area contributed by atoms with Crippen LogP contribution in [0.1, 0.15) is 36.5 Å². The summed E-state index contributed by atoms with van der Waals surface area (Å²) >= 11 is 0. The maximum Gasteiger partial charge on any atom is 0.166 e. The summed E-state index contributed by atoms with van der Waals surface area (Å²) in [4.78, 5) is 12.0. The third-order valence-electron chi connectivity index (χ3n) is 2.74. The van der Waals surface area contributed by atoms with Gasteiger partial charge in [-0.05, 0) is 18.6 Å². The molecule has 0 bridgehead atoms. The number of carbonyl (C=O) groups excluding carboxylic acids is 1. The fourth-order valence-electron chi connectivity index (χ4n) is 1.86. The minimum absolute atomic E-state index is 0.183. The lowest BCUT2D eigenvalue weighted by Crippen LogP contribution is -2.20. The number of rotatable bonds is 4. The molecule has 0 fully saturated rings. The molecule has 0 aromatic heterocycles. The zero-order valence-corrected chi connectivity index (χ0v) is 9.58. The van der Waals surface area contributed by atoms with Crippen molar-refractivity contribution >= 4 is 11.5 Å². The van der Waals surface area contributed by atoms with E-state index >= 15 is 0 Å². The van der Waals surface area contributed by atoms with Crippen LogP contribution in [0.4, 0.5) is 5.69 Å². The van der Waals surface area contributed by atoms with Gasteiger partial charge in [-0.15, -0.1) is 0 Å². The lowest BCUT2D eigenvalue weighted by Gasteiger charge is -2.21. The highest BCUT2D eigenvalue weighted by Crippen LogP contribution is 2.32. The monoisotopic (exact) mass is 219 g/mol. The Kier molecular flexibility index (Phi) is 3.44. The first-order valence-corrected chi connectivity index (χ1v) is 5.86. The number of unbranched alkanes of at least 4 members (excludes halogenated alkanes) is 1. The summed E-state index contributed by atoms with van der Waals surface area (Å²) in [5.41, 5.74) is 1.66. The van der Waals surface area contributed by atoms with Gasteiger partial charge in [0.05, 0.1) is 11.3 Å². The van der Waals surface area contributed by atoms with Crippen molar-refractivity contribution in [2.24, 2.45) is 0 Å². The van der Waals surface area contributed by atoms with Crippen LogP contribution in [-0.2, 0) is 0 Å². The van der Waals surface area contributed by atoms with Crippen molar-refractivity contribution in [1.82, 2.24) is 0 Å². The molecule has 1 aliphatic rings. The first kappa shape index (κ1) is 11.0. The second-order valence-electron chi connectivity index (χ2n) is 3.98. The molecule has 0 aliphatic carbocycles. The summed E-state index contributed by atoms with van der Waals surface area (Å²) in [7, 11) is 0. The van der Waals surface area contributed by atoms with Crippen LogP contribution in [0.5, 0.6) is 5.75 Å². The van der Waals surface area contributed by atoms with Gasteiger partial charge in [-0.3, -0.25) is 4.79 Å². The summed E-state index contributed by atoms with van der Waals surface area (Å²) in [6, 6.07) is 5.70. The maximum atomic E-state index is 12.0. The second kappa shape index (κ2) is 5.01. The number of hydrogen-bond donors (Lipinski definition) is 1. The molecule has 1 aliphatic heterocycles. The number of benzene rings is 1. The van der Waals surface area contributed by atoms with Crippen molar-refractivity contribution < 1.29 is 9.53 Å². The molecule has 0 amide bonds. The van der Waals surface area contributed by atoms with Gasteiger partial charge in [0.2, 0.25) is 0 Å². The average Bonchev–Trinajstić information content (AvgIpc) is 2.35. The third kappa shape index (κ3) is 2.18. The van der Waals surface area contributed by atoms with Crippen LogP contribution in [0.3, 0.4) is 0 Å². The predicted molar refractivity (Wildman–Crippen MR) is 64.3 cm³/mol. The fourth-order valence-corrected chi connectivity index (χ4v) is 1.86. The summed E-state index contributed by atoms with van der Waals surface area (Å²) in [5, 5.41) is 3.24. The van der Waals surface area contributed by atoms with Gasteiger partial charge >= 0.3 is 0 Å². The standard InChI is InChI=1S/C13H17NO2/c1-2-3-7-12(15)10-5-4-6-11-13(10)16-9-8-14-11/h4-6,14H,2-3,7-9H2,1H3. The van der Waals surface area contributed by atoms with E-state index in [0.717, 1.165) is 36.4 Å². The van der Waals surface area contributed by atoms with E-state index in [4.69, 9.17) is 4.74 Å². The van der Waals surface area contributed by atoms with Crippen LogP contribution in [0.25, 0.3) is 0 Å². The van der Waals surface area contributed by atoms with Gasteiger partial charge < -0.3 is 10.1 Å². The van der Waals surface area contributed by atoms with Crippen molar-refractivity contribution in [2.75, 3.05) is 18.5 Å². The molecule has 1 aromatic carbocycles.